The Kier molecular flexibility index (Phi) is 4.08. The van der Waals surface area contributed by atoms with Gasteiger partial charge in [0.15, 0.2) is 0 Å². The maximum Gasteiger partial charge on any atom is 0.254 e. The Balaban J connectivity index is 1.29. The summed E-state index contributed by atoms with van der Waals surface area (Å²) in [6.45, 7) is 3.14. The van der Waals surface area contributed by atoms with Gasteiger partial charge in [-0.1, -0.05) is 18.2 Å². The number of aromatic nitrogens is 2. The summed E-state index contributed by atoms with van der Waals surface area (Å²) in [5.41, 5.74) is 3.24. The van der Waals surface area contributed by atoms with E-state index in [-0.39, 0.29) is 35.3 Å². The van der Waals surface area contributed by atoms with Crippen molar-refractivity contribution >= 4 is 11.8 Å². The number of benzene rings is 1. The molecule has 1 aromatic carbocycles. The Morgan fingerprint density at radius 3 is 2.76 bits per heavy atom. The molecule has 1 unspecified atom stereocenters. The number of nitrogens with one attached hydrogen (secondary N) is 2. The number of hydrogen-bond donors (Lipinski definition) is 2. The van der Waals surface area contributed by atoms with Crippen LogP contribution in [0.3, 0.4) is 0 Å². The molecular formula is C22H24N4O3. The van der Waals surface area contributed by atoms with Crippen LogP contribution in [0.2, 0.25) is 0 Å². The summed E-state index contributed by atoms with van der Waals surface area (Å²) in [4.78, 5) is 46.7. The van der Waals surface area contributed by atoms with Crippen LogP contribution in [0.4, 0.5) is 0 Å². The van der Waals surface area contributed by atoms with Crippen molar-refractivity contribution in [3.63, 3.8) is 0 Å². The lowest BCUT2D eigenvalue weighted by molar-refractivity contribution is -0.133. The molecule has 0 radical (unpaired) electrons. The molecule has 0 saturated carbocycles. The van der Waals surface area contributed by atoms with Crippen LogP contribution in [0.5, 0.6) is 0 Å². The number of aromatic amines is 1. The number of nitrogens with zero attached hydrogens (tertiary/aromatic N) is 2. The summed E-state index contributed by atoms with van der Waals surface area (Å²) in [5.74, 6) is 0.615. The molecule has 1 fully saturated rings. The molecule has 1 spiro atoms. The zero-order chi connectivity index (χ0) is 20.2. The topological polar surface area (TPSA) is 95.2 Å². The van der Waals surface area contributed by atoms with Gasteiger partial charge in [0.05, 0.1) is 18.2 Å². The second-order valence-electron chi connectivity index (χ2n) is 8.46. The maximum absolute atomic E-state index is 12.9. The minimum Gasteiger partial charge on any atom is -0.345 e. The Morgan fingerprint density at radius 1 is 1.21 bits per heavy atom. The molecule has 2 N–H and O–H groups in total. The highest BCUT2D eigenvalue weighted by Crippen LogP contribution is 2.44. The highest BCUT2D eigenvalue weighted by Gasteiger charge is 2.44. The first kappa shape index (κ1) is 18.1. The van der Waals surface area contributed by atoms with Crippen LogP contribution in [0, 0.1) is 6.92 Å². The maximum atomic E-state index is 12.9. The molecule has 3 heterocycles. The smallest absolute Gasteiger partial charge is 0.254 e. The Hall–Kier alpha value is -2.96. The van der Waals surface area contributed by atoms with E-state index in [9.17, 15) is 14.4 Å². The number of carbonyl (C=O) groups is 2. The lowest BCUT2D eigenvalue weighted by atomic mass is 9.76. The second kappa shape index (κ2) is 6.54. The van der Waals surface area contributed by atoms with Gasteiger partial charge in [0, 0.05) is 29.6 Å². The Bertz CT molecular complexity index is 1070. The van der Waals surface area contributed by atoms with E-state index in [1.165, 1.54) is 0 Å². The van der Waals surface area contributed by atoms with Gasteiger partial charge in [-0.25, -0.2) is 4.98 Å². The third-order valence-electron chi connectivity index (χ3n) is 6.83. The van der Waals surface area contributed by atoms with E-state index >= 15 is 0 Å². The van der Waals surface area contributed by atoms with Crippen molar-refractivity contribution in [3.8, 4) is 0 Å². The van der Waals surface area contributed by atoms with E-state index in [1.54, 1.807) is 6.07 Å². The number of hydrogen-bond acceptors (Lipinski definition) is 4. The van der Waals surface area contributed by atoms with Crippen molar-refractivity contribution < 1.29 is 9.59 Å². The van der Waals surface area contributed by atoms with Crippen molar-refractivity contribution in [2.75, 3.05) is 13.1 Å². The minimum absolute atomic E-state index is 0.0153. The molecule has 2 amide bonds. The predicted octanol–water partition coefficient (Wildman–Crippen LogP) is 1.76. The van der Waals surface area contributed by atoms with E-state index in [4.69, 9.17) is 0 Å². The Morgan fingerprint density at radius 2 is 1.97 bits per heavy atom. The summed E-state index contributed by atoms with van der Waals surface area (Å²) in [5, 5.41) is 2.93. The van der Waals surface area contributed by atoms with Crippen LogP contribution in [0.1, 0.15) is 64.7 Å². The van der Waals surface area contributed by atoms with Gasteiger partial charge in [-0.3, -0.25) is 14.4 Å². The summed E-state index contributed by atoms with van der Waals surface area (Å²) in [7, 11) is 0. The fourth-order valence-corrected chi connectivity index (χ4v) is 5.22. The largest absolute Gasteiger partial charge is 0.345 e. The number of H-pyrrole nitrogens is 1. The SMILES string of the molecule is Cc1nc2c(c(=O)[nH]1)CCC21CCN(C(=O)CC2NC(=O)c3ccccc32)CC1. The highest BCUT2D eigenvalue weighted by atomic mass is 16.2. The molecule has 7 heteroatoms. The van der Waals surface area contributed by atoms with Crippen LogP contribution in [-0.2, 0) is 16.6 Å². The van der Waals surface area contributed by atoms with E-state index in [1.807, 2.05) is 30.0 Å². The number of fused-ring (bicyclic) bond motifs is 3. The van der Waals surface area contributed by atoms with Crippen molar-refractivity contribution in [3.05, 3.63) is 62.8 Å². The number of amides is 2. The predicted molar refractivity (Wildman–Crippen MR) is 107 cm³/mol. The lowest BCUT2D eigenvalue weighted by Crippen LogP contribution is -2.45. The van der Waals surface area contributed by atoms with Gasteiger partial charge < -0.3 is 15.2 Å². The number of aryl methyl sites for hydroxylation is 1. The molecule has 0 bridgehead atoms. The van der Waals surface area contributed by atoms with Crippen LogP contribution < -0.4 is 10.9 Å². The van der Waals surface area contributed by atoms with Crippen LogP contribution in [0.25, 0.3) is 0 Å². The van der Waals surface area contributed by atoms with Gasteiger partial charge in [0.2, 0.25) is 5.91 Å². The summed E-state index contributed by atoms with van der Waals surface area (Å²) in [6.07, 6.45) is 3.63. The molecule has 3 aliphatic rings. The first-order valence-corrected chi connectivity index (χ1v) is 10.2. The minimum atomic E-state index is -0.253. The van der Waals surface area contributed by atoms with Gasteiger partial charge in [-0.05, 0) is 44.2 Å². The van der Waals surface area contributed by atoms with Gasteiger partial charge in [-0.2, -0.15) is 0 Å². The number of likely N-dealkylation sites (tertiary alicyclic amines) is 1. The fourth-order valence-electron chi connectivity index (χ4n) is 5.22. The van der Waals surface area contributed by atoms with Crippen LogP contribution >= 0.6 is 0 Å². The second-order valence-corrected chi connectivity index (χ2v) is 8.46. The molecule has 2 aliphatic heterocycles. The van der Waals surface area contributed by atoms with Gasteiger partial charge in [-0.15, -0.1) is 0 Å². The monoisotopic (exact) mass is 392 g/mol. The lowest BCUT2D eigenvalue weighted by Gasteiger charge is -2.39. The van der Waals surface area contributed by atoms with Crippen molar-refractivity contribution in [2.24, 2.45) is 0 Å². The highest BCUT2D eigenvalue weighted by molar-refractivity contribution is 5.99. The first-order valence-electron chi connectivity index (χ1n) is 10.2. The molecule has 150 valence electrons. The zero-order valence-corrected chi connectivity index (χ0v) is 16.5. The molecule has 1 saturated heterocycles. The van der Waals surface area contributed by atoms with Gasteiger partial charge in [0.25, 0.3) is 11.5 Å². The van der Waals surface area contributed by atoms with Crippen LogP contribution in [0.15, 0.2) is 29.1 Å². The van der Waals surface area contributed by atoms with Crippen LogP contribution in [-0.4, -0.2) is 39.8 Å². The number of carbonyl (C=O) groups excluding carboxylic acids is 2. The fraction of sp³-hybridized carbons (Fsp3) is 0.455. The molecular weight excluding hydrogens is 368 g/mol. The van der Waals surface area contributed by atoms with Gasteiger partial charge in [0.1, 0.15) is 5.82 Å². The molecule has 1 aromatic heterocycles. The molecule has 1 atom stereocenters. The summed E-state index contributed by atoms with van der Waals surface area (Å²) < 4.78 is 0. The average Bonchev–Trinajstić information content (AvgIpc) is 3.21. The van der Waals surface area contributed by atoms with Crippen molar-refractivity contribution in [2.45, 2.75) is 50.5 Å². The third-order valence-corrected chi connectivity index (χ3v) is 6.83. The normalized spacial score (nSPS) is 21.8. The van der Waals surface area contributed by atoms with Crippen molar-refractivity contribution in [1.82, 2.24) is 20.2 Å². The molecule has 5 rings (SSSR count). The van der Waals surface area contributed by atoms with E-state index in [0.29, 0.717) is 24.5 Å². The molecule has 2 aromatic rings. The Labute approximate surface area is 168 Å². The number of piperidine rings is 1. The van der Waals surface area contributed by atoms with Gasteiger partial charge >= 0.3 is 0 Å². The molecule has 1 aliphatic carbocycles. The third kappa shape index (κ3) is 2.87. The van der Waals surface area contributed by atoms with E-state index < -0.39 is 0 Å². The van der Waals surface area contributed by atoms with E-state index in [2.05, 4.69) is 15.3 Å². The standard InChI is InChI=1S/C22H24N4O3/c1-13-23-19-16(21(29)24-13)6-7-22(19)8-10-26(11-9-22)18(27)12-17-14-4-2-3-5-15(14)20(28)25-17/h2-5,17H,6-12H2,1H3,(H,25,28)(H,23,24,29). The summed E-state index contributed by atoms with van der Waals surface area (Å²) >= 11 is 0. The molecule has 7 nitrogen and oxygen atoms in total. The number of rotatable bonds is 2. The quantitative estimate of drug-likeness (QED) is 0.814. The average molecular weight is 392 g/mol. The molecule has 29 heavy (non-hydrogen) atoms. The van der Waals surface area contributed by atoms with E-state index in [0.717, 1.165) is 42.5 Å². The summed E-state index contributed by atoms with van der Waals surface area (Å²) in [6, 6.07) is 7.20. The first-order chi connectivity index (χ1) is 14.0. The van der Waals surface area contributed by atoms with Crippen molar-refractivity contribution in [1.29, 1.82) is 0 Å². The zero-order valence-electron chi connectivity index (χ0n) is 16.5.